The minimum Gasteiger partial charge on any atom is -0.284 e. The summed E-state index contributed by atoms with van der Waals surface area (Å²) in [4.78, 5) is 2.03. The van der Waals surface area contributed by atoms with Gasteiger partial charge in [-0.1, -0.05) is 12.1 Å². The minimum atomic E-state index is -4.29. The van der Waals surface area contributed by atoms with E-state index < -0.39 is 11.7 Å². The Kier molecular flexibility index (Phi) is 4.11. The van der Waals surface area contributed by atoms with Crippen molar-refractivity contribution in [2.24, 2.45) is 0 Å². The highest BCUT2D eigenvalue weighted by molar-refractivity contribution is 5.24. The number of alkyl halides is 3. The van der Waals surface area contributed by atoms with E-state index >= 15 is 0 Å². The van der Waals surface area contributed by atoms with Gasteiger partial charge in [0, 0.05) is 6.54 Å². The summed E-state index contributed by atoms with van der Waals surface area (Å²) < 4.78 is 37.3. The molecule has 1 atom stereocenters. The largest absolute Gasteiger partial charge is 0.416 e. The maximum atomic E-state index is 12.4. The van der Waals surface area contributed by atoms with Gasteiger partial charge in [-0.2, -0.15) is 18.4 Å². The summed E-state index contributed by atoms with van der Waals surface area (Å²) in [6.07, 6.45) is -1.36. The molecule has 0 spiro atoms. The molecule has 0 aromatic heterocycles. The zero-order chi connectivity index (χ0) is 13.9. The normalized spacial score (nSPS) is 21.1. The summed E-state index contributed by atoms with van der Waals surface area (Å²) in [5.74, 6) is 0. The number of hydrogen-bond acceptors (Lipinski definition) is 2. The molecule has 2 nitrogen and oxygen atoms in total. The molecule has 0 radical (unpaired) electrons. The number of hydrogen-bond donors (Lipinski definition) is 0. The molecule has 1 aliphatic heterocycles. The molecule has 1 aliphatic rings. The Labute approximate surface area is 110 Å². The van der Waals surface area contributed by atoms with Gasteiger partial charge in [-0.15, -0.1) is 0 Å². The Morgan fingerprint density at radius 3 is 2.47 bits per heavy atom. The summed E-state index contributed by atoms with van der Waals surface area (Å²) in [6, 6.07) is 7.32. The van der Waals surface area contributed by atoms with Crippen LogP contribution in [0.15, 0.2) is 24.3 Å². The van der Waals surface area contributed by atoms with E-state index in [1.54, 1.807) is 0 Å². The van der Waals surface area contributed by atoms with E-state index in [2.05, 4.69) is 6.07 Å². The van der Waals surface area contributed by atoms with Crippen molar-refractivity contribution in [3.8, 4) is 6.07 Å². The van der Waals surface area contributed by atoms with E-state index in [0.29, 0.717) is 6.54 Å². The fourth-order valence-electron chi connectivity index (χ4n) is 2.36. The summed E-state index contributed by atoms with van der Waals surface area (Å²) in [6.45, 7) is 1.37. The topological polar surface area (TPSA) is 27.0 Å². The monoisotopic (exact) mass is 268 g/mol. The van der Waals surface area contributed by atoms with Crippen LogP contribution in [0.25, 0.3) is 0 Å². The Morgan fingerprint density at radius 2 is 1.89 bits per heavy atom. The van der Waals surface area contributed by atoms with Gasteiger partial charge in [0.25, 0.3) is 0 Å². The second-order valence-electron chi connectivity index (χ2n) is 4.81. The van der Waals surface area contributed by atoms with Gasteiger partial charge < -0.3 is 0 Å². The van der Waals surface area contributed by atoms with Gasteiger partial charge in [0.05, 0.1) is 17.7 Å². The van der Waals surface area contributed by atoms with Crippen LogP contribution in [0.1, 0.15) is 30.4 Å². The van der Waals surface area contributed by atoms with Crippen molar-refractivity contribution in [3.05, 3.63) is 35.4 Å². The average molecular weight is 268 g/mol. The van der Waals surface area contributed by atoms with Crippen LogP contribution >= 0.6 is 0 Å². The van der Waals surface area contributed by atoms with Crippen LogP contribution in [0.2, 0.25) is 0 Å². The fourth-order valence-corrected chi connectivity index (χ4v) is 2.36. The van der Waals surface area contributed by atoms with Gasteiger partial charge in [0.15, 0.2) is 0 Å². The van der Waals surface area contributed by atoms with Crippen LogP contribution in [0.5, 0.6) is 0 Å². The van der Waals surface area contributed by atoms with Gasteiger partial charge in [0.2, 0.25) is 0 Å². The van der Waals surface area contributed by atoms with Gasteiger partial charge in [-0.3, -0.25) is 4.90 Å². The zero-order valence-corrected chi connectivity index (χ0v) is 10.5. The second-order valence-corrected chi connectivity index (χ2v) is 4.81. The molecule has 0 bridgehead atoms. The molecule has 19 heavy (non-hydrogen) atoms. The lowest BCUT2D eigenvalue weighted by Crippen LogP contribution is -2.37. The summed E-state index contributed by atoms with van der Waals surface area (Å²) in [5.41, 5.74) is 0.182. The molecule has 1 saturated heterocycles. The third-order valence-corrected chi connectivity index (χ3v) is 3.43. The molecule has 1 fully saturated rings. The molecular formula is C14H15F3N2. The van der Waals surface area contributed by atoms with Crippen LogP contribution < -0.4 is 0 Å². The van der Waals surface area contributed by atoms with E-state index in [9.17, 15) is 13.2 Å². The van der Waals surface area contributed by atoms with E-state index in [1.165, 1.54) is 12.1 Å². The number of halogens is 3. The Balaban J connectivity index is 2.05. The number of rotatable bonds is 2. The lowest BCUT2D eigenvalue weighted by molar-refractivity contribution is -0.137. The van der Waals surface area contributed by atoms with Crippen molar-refractivity contribution < 1.29 is 13.2 Å². The highest BCUT2D eigenvalue weighted by Crippen LogP contribution is 2.29. The first-order chi connectivity index (χ1) is 9.00. The lowest BCUT2D eigenvalue weighted by atomic mass is 10.0. The molecular weight excluding hydrogens is 253 g/mol. The first-order valence-electron chi connectivity index (χ1n) is 6.30. The first-order valence-corrected chi connectivity index (χ1v) is 6.30. The molecule has 1 aromatic carbocycles. The smallest absolute Gasteiger partial charge is 0.284 e. The average Bonchev–Trinajstić information content (AvgIpc) is 2.39. The summed E-state index contributed by atoms with van der Waals surface area (Å²) in [7, 11) is 0. The van der Waals surface area contributed by atoms with Gasteiger partial charge >= 0.3 is 6.18 Å². The highest BCUT2D eigenvalue weighted by Gasteiger charge is 2.30. The number of likely N-dealkylation sites (tertiary alicyclic amines) is 1. The molecule has 0 aliphatic carbocycles. The minimum absolute atomic E-state index is 0.115. The van der Waals surface area contributed by atoms with Crippen molar-refractivity contribution in [3.63, 3.8) is 0 Å². The Morgan fingerprint density at radius 1 is 1.21 bits per heavy atom. The van der Waals surface area contributed by atoms with Crippen LogP contribution in [0.3, 0.4) is 0 Å². The standard InChI is InChI=1S/C14H15F3N2/c15-14(16,17)12-6-4-11(5-7-12)10-19-8-2-1-3-13(19)9-18/h4-7,13H,1-3,8,10H2. The van der Waals surface area contributed by atoms with Gasteiger partial charge in [-0.25, -0.2) is 0 Å². The quantitative estimate of drug-likeness (QED) is 0.819. The van der Waals surface area contributed by atoms with Crippen molar-refractivity contribution >= 4 is 0 Å². The molecule has 0 saturated carbocycles. The summed E-state index contributed by atoms with van der Waals surface area (Å²) in [5, 5.41) is 9.05. The zero-order valence-electron chi connectivity index (χ0n) is 10.5. The number of nitrogens with zero attached hydrogens (tertiary/aromatic N) is 2. The van der Waals surface area contributed by atoms with Gasteiger partial charge in [-0.05, 0) is 43.5 Å². The van der Waals surface area contributed by atoms with Crippen molar-refractivity contribution in [1.29, 1.82) is 5.26 Å². The number of nitriles is 1. The molecule has 0 N–H and O–H groups in total. The fraction of sp³-hybridized carbons (Fsp3) is 0.500. The molecule has 1 aromatic rings. The third kappa shape index (κ3) is 3.48. The molecule has 1 unspecified atom stereocenters. The maximum absolute atomic E-state index is 12.4. The molecule has 2 rings (SSSR count). The predicted octanol–water partition coefficient (Wildman–Crippen LogP) is 3.58. The maximum Gasteiger partial charge on any atom is 0.416 e. The third-order valence-electron chi connectivity index (χ3n) is 3.43. The highest BCUT2D eigenvalue weighted by atomic mass is 19.4. The number of benzene rings is 1. The van der Waals surface area contributed by atoms with Crippen LogP contribution in [0.4, 0.5) is 13.2 Å². The van der Waals surface area contributed by atoms with E-state index in [1.807, 2.05) is 4.90 Å². The van der Waals surface area contributed by atoms with E-state index in [0.717, 1.165) is 43.5 Å². The first kappa shape index (κ1) is 13.9. The van der Waals surface area contributed by atoms with Crippen LogP contribution in [-0.2, 0) is 12.7 Å². The summed E-state index contributed by atoms with van der Waals surface area (Å²) >= 11 is 0. The van der Waals surface area contributed by atoms with Crippen LogP contribution in [-0.4, -0.2) is 17.5 Å². The SMILES string of the molecule is N#CC1CCCCN1Cc1ccc(C(F)(F)F)cc1. The molecule has 102 valence electrons. The Hall–Kier alpha value is -1.54. The Bertz CT molecular complexity index is 459. The number of piperidine rings is 1. The molecule has 1 heterocycles. The second kappa shape index (κ2) is 5.62. The van der Waals surface area contributed by atoms with E-state index in [-0.39, 0.29) is 6.04 Å². The molecule has 0 amide bonds. The predicted molar refractivity (Wildman–Crippen MR) is 65.1 cm³/mol. The van der Waals surface area contributed by atoms with Gasteiger partial charge in [0.1, 0.15) is 0 Å². The molecule has 5 heteroatoms. The van der Waals surface area contributed by atoms with Crippen molar-refractivity contribution in [1.82, 2.24) is 4.90 Å². The lowest BCUT2D eigenvalue weighted by Gasteiger charge is -2.31. The van der Waals surface area contributed by atoms with Crippen molar-refractivity contribution in [2.45, 2.75) is 38.0 Å². The van der Waals surface area contributed by atoms with Crippen molar-refractivity contribution in [2.75, 3.05) is 6.54 Å². The van der Waals surface area contributed by atoms with E-state index in [4.69, 9.17) is 5.26 Å². The van der Waals surface area contributed by atoms with Crippen LogP contribution in [0, 0.1) is 11.3 Å².